The van der Waals surface area contributed by atoms with E-state index in [2.05, 4.69) is 13.0 Å². The Morgan fingerprint density at radius 2 is 1.88 bits per heavy atom. The summed E-state index contributed by atoms with van der Waals surface area (Å²) in [6.07, 6.45) is 3.02. The minimum Gasteiger partial charge on any atom is -0.386 e. The van der Waals surface area contributed by atoms with Gasteiger partial charge in [-0.05, 0) is 31.6 Å². The van der Waals surface area contributed by atoms with Crippen LogP contribution in [0.4, 0.5) is 0 Å². The van der Waals surface area contributed by atoms with Crippen molar-refractivity contribution >= 4 is 0 Å². The third-order valence-corrected chi connectivity index (χ3v) is 4.09. The summed E-state index contributed by atoms with van der Waals surface area (Å²) in [6.45, 7) is 2.17. The standard InChI is InChI=1S/C13H23NO3/c1-4-10-5-7-13(9-14,8-6-10)11(15)12(16-2)17-3/h10-12,15H,4-8H2,1-3H3. The van der Waals surface area contributed by atoms with Crippen LogP contribution in [0.3, 0.4) is 0 Å². The van der Waals surface area contributed by atoms with Crippen molar-refractivity contribution in [1.29, 1.82) is 5.26 Å². The molecule has 0 radical (unpaired) electrons. The monoisotopic (exact) mass is 241 g/mol. The lowest BCUT2D eigenvalue weighted by Gasteiger charge is -2.40. The van der Waals surface area contributed by atoms with Crippen molar-refractivity contribution in [1.82, 2.24) is 0 Å². The fourth-order valence-corrected chi connectivity index (χ4v) is 2.69. The Morgan fingerprint density at radius 3 is 2.24 bits per heavy atom. The van der Waals surface area contributed by atoms with Crippen LogP contribution in [-0.4, -0.2) is 31.7 Å². The first-order valence-electron chi connectivity index (χ1n) is 6.28. The van der Waals surface area contributed by atoms with Crippen LogP contribution in [-0.2, 0) is 9.47 Å². The number of hydrogen-bond acceptors (Lipinski definition) is 4. The molecular weight excluding hydrogens is 218 g/mol. The van der Waals surface area contributed by atoms with Gasteiger partial charge in [-0.15, -0.1) is 0 Å². The maximum absolute atomic E-state index is 10.3. The third kappa shape index (κ3) is 2.98. The molecule has 17 heavy (non-hydrogen) atoms. The molecular formula is C13H23NO3. The van der Waals surface area contributed by atoms with E-state index in [1.54, 1.807) is 0 Å². The molecule has 0 aromatic rings. The van der Waals surface area contributed by atoms with Crippen LogP contribution in [0.1, 0.15) is 39.0 Å². The molecule has 0 amide bonds. The van der Waals surface area contributed by atoms with Crippen LogP contribution in [0.2, 0.25) is 0 Å². The Morgan fingerprint density at radius 1 is 1.35 bits per heavy atom. The van der Waals surface area contributed by atoms with Gasteiger partial charge in [0.05, 0.1) is 11.5 Å². The molecule has 0 aliphatic heterocycles. The van der Waals surface area contributed by atoms with Gasteiger partial charge in [-0.25, -0.2) is 0 Å². The van der Waals surface area contributed by atoms with Crippen molar-refractivity contribution in [3.8, 4) is 6.07 Å². The molecule has 1 aliphatic rings. The van der Waals surface area contributed by atoms with Crippen LogP contribution in [0.5, 0.6) is 0 Å². The van der Waals surface area contributed by atoms with E-state index in [1.165, 1.54) is 14.2 Å². The first-order chi connectivity index (χ1) is 8.13. The molecule has 0 saturated heterocycles. The Labute approximate surface area is 104 Å². The van der Waals surface area contributed by atoms with E-state index in [4.69, 9.17) is 9.47 Å². The molecule has 1 fully saturated rings. The van der Waals surface area contributed by atoms with Crippen LogP contribution < -0.4 is 0 Å². The van der Waals surface area contributed by atoms with E-state index >= 15 is 0 Å². The number of aliphatic hydroxyl groups is 1. The molecule has 0 spiro atoms. The molecule has 1 rings (SSSR count). The SMILES string of the molecule is CCC1CCC(C#N)(C(O)C(OC)OC)CC1. The van der Waals surface area contributed by atoms with Gasteiger partial charge in [0.1, 0.15) is 6.10 Å². The van der Waals surface area contributed by atoms with Crippen LogP contribution in [0.15, 0.2) is 0 Å². The van der Waals surface area contributed by atoms with Crippen molar-refractivity contribution in [3.63, 3.8) is 0 Å². The second-order valence-corrected chi connectivity index (χ2v) is 4.90. The minimum atomic E-state index is -0.875. The Hall–Kier alpha value is -0.630. The van der Waals surface area contributed by atoms with Crippen molar-refractivity contribution in [2.75, 3.05) is 14.2 Å². The van der Waals surface area contributed by atoms with Gasteiger partial charge in [-0.3, -0.25) is 0 Å². The summed E-state index contributed by atoms with van der Waals surface area (Å²) >= 11 is 0. The highest BCUT2D eigenvalue weighted by Gasteiger charge is 2.45. The van der Waals surface area contributed by atoms with E-state index in [9.17, 15) is 10.4 Å². The Kier molecular flexibility index (Phi) is 5.38. The zero-order valence-electron chi connectivity index (χ0n) is 11.0. The van der Waals surface area contributed by atoms with Crippen molar-refractivity contribution in [2.45, 2.75) is 51.4 Å². The number of hydrogen-bond donors (Lipinski definition) is 1. The second kappa shape index (κ2) is 6.34. The summed E-state index contributed by atoms with van der Waals surface area (Å²) < 4.78 is 10.1. The van der Waals surface area contributed by atoms with Crippen LogP contribution >= 0.6 is 0 Å². The van der Waals surface area contributed by atoms with E-state index < -0.39 is 17.8 Å². The number of nitriles is 1. The molecule has 4 heteroatoms. The minimum absolute atomic E-state index is 0.687. The average molecular weight is 241 g/mol. The fraction of sp³-hybridized carbons (Fsp3) is 0.923. The van der Waals surface area contributed by atoms with Gasteiger partial charge in [0.15, 0.2) is 6.29 Å². The van der Waals surface area contributed by atoms with Crippen molar-refractivity contribution < 1.29 is 14.6 Å². The van der Waals surface area contributed by atoms with Crippen molar-refractivity contribution in [2.24, 2.45) is 11.3 Å². The van der Waals surface area contributed by atoms with Gasteiger partial charge in [-0.2, -0.15) is 5.26 Å². The largest absolute Gasteiger partial charge is 0.386 e. The number of nitrogens with zero attached hydrogens (tertiary/aromatic N) is 1. The summed E-state index contributed by atoms with van der Waals surface area (Å²) in [4.78, 5) is 0. The molecule has 1 aliphatic carbocycles. The lowest BCUT2D eigenvalue weighted by molar-refractivity contribution is -0.194. The fourth-order valence-electron chi connectivity index (χ4n) is 2.69. The quantitative estimate of drug-likeness (QED) is 0.748. The van der Waals surface area contributed by atoms with Gasteiger partial charge >= 0.3 is 0 Å². The lowest BCUT2D eigenvalue weighted by Crippen LogP contribution is -2.46. The second-order valence-electron chi connectivity index (χ2n) is 4.90. The number of methoxy groups -OCH3 is 2. The molecule has 0 bridgehead atoms. The Bertz CT molecular complexity index is 262. The van der Waals surface area contributed by atoms with E-state index in [0.717, 1.165) is 32.1 Å². The molecule has 1 atom stereocenters. The topological polar surface area (TPSA) is 62.5 Å². The zero-order valence-corrected chi connectivity index (χ0v) is 11.0. The number of rotatable bonds is 5. The summed E-state index contributed by atoms with van der Waals surface area (Å²) in [5.41, 5.74) is -0.706. The van der Waals surface area contributed by atoms with Crippen LogP contribution in [0.25, 0.3) is 0 Å². The van der Waals surface area contributed by atoms with E-state index in [0.29, 0.717) is 5.92 Å². The molecule has 0 heterocycles. The molecule has 1 unspecified atom stereocenters. The van der Waals surface area contributed by atoms with Gasteiger partial charge in [0.25, 0.3) is 0 Å². The molecule has 1 saturated carbocycles. The lowest BCUT2D eigenvalue weighted by atomic mass is 9.67. The predicted octanol–water partition coefficient (Wildman–Crippen LogP) is 2.08. The smallest absolute Gasteiger partial charge is 0.184 e. The van der Waals surface area contributed by atoms with Gasteiger partial charge in [0, 0.05) is 14.2 Å². The summed E-state index contributed by atoms with van der Waals surface area (Å²) in [6, 6.07) is 2.30. The van der Waals surface area contributed by atoms with Gasteiger partial charge in [0.2, 0.25) is 0 Å². The molecule has 98 valence electrons. The highest BCUT2D eigenvalue weighted by atomic mass is 16.7. The van der Waals surface area contributed by atoms with E-state index in [-0.39, 0.29) is 0 Å². The normalized spacial score (nSPS) is 31.2. The van der Waals surface area contributed by atoms with Gasteiger partial charge in [-0.1, -0.05) is 13.3 Å². The molecule has 4 nitrogen and oxygen atoms in total. The maximum atomic E-state index is 10.3. The average Bonchev–Trinajstić information content (AvgIpc) is 2.40. The first-order valence-corrected chi connectivity index (χ1v) is 6.28. The van der Waals surface area contributed by atoms with Crippen molar-refractivity contribution in [3.05, 3.63) is 0 Å². The van der Waals surface area contributed by atoms with Gasteiger partial charge < -0.3 is 14.6 Å². The summed E-state index contributed by atoms with van der Waals surface area (Å²) in [5.74, 6) is 0.687. The molecule has 1 N–H and O–H groups in total. The number of aliphatic hydroxyl groups excluding tert-OH is 1. The third-order valence-electron chi connectivity index (χ3n) is 4.09. The molecule has 0 aromatic carbocycles. The van der Waals surface area contributed by atoms with E-state index in [1.807, 2.05) is 0 Å². The highest BCUT2D eigenvalue weighted by Crippen LogP contribution is 2.43. The zero-order chi connectivity index (χ0) is 12.9. The molecule has 0 aromatic heterocycles. The summed E-state index contributed by atoms with van der Waals surface area (Å²) in [7, 11) is 2.97. The maximum Gasteiger partial charge on any atom is 0.184 e. The summed E-state index contributed by atoms with van der Waals surface area (Å²) in [5, 5.41) is 19.7. The van der Waals surface area contributed by atoms with Crippen LogP contribution in [0, 0.1) is 22.7 Å². The Balaban J connectivity index is 2.73. The number of ether oxygens (including phenoxy) is 2. The first kappa shape index (κ1) is 14.4. The predicted molar refractivity (Wildman–Crippen MR) is 64.1 cm³/mol. The highest BCUT2D eigenvalue weighted by molar-refractivity contribution is 5.06.